The molecular formula is C18H22N2O2S. The van der Waals surface area contributed by atoms with Gasteiger partial charge < -0.3 is 9.53 Å². The van der Waals surface area contributed by atoms with Crippen molar-refractivity contribution in [2.24, 2.45) is 5.92 Å². The second-order valence-corrected chi connectivity index (χ2v) is 8.02. The molecule has 4 rings (SSSR count). The van der Waals surface area contributed by atoms with Crippen LogP contribution in [0.25, 0.3) is 10.2 Å². The maximum Gasteiger partial charge on any atom is 0.225 e. The molecule has 0 bridgehead atoms. The normalized spacial score (nSPS) is 27.1. The lowest BCUT2D eigenvalue weighted by molar-refractivity contribution is -0.108. The summed E-state index contributed by atoms with van der Waals surface area (Å²) < 4.78 is 6.29. The molecule has 1 atom stereocenters. The molecule has 1 saturated carbocycles. The zero-order valence-electron chi connectivity index (χ0n) is 13.5. The third-order valence-electron chi connectivity index (χ3n) is 5.32. The van der Waals surface area contributed by atoms with E-state index < -0.39 is 0 Å². The predicted molar refractivity (Wildman–Crippen MR) is 91.2 cm³/mol. The first-order valence-corrected chi connectivity index (χ1v) is 9.44. The van der Waals surface area contributed by atoms with Crippen LogP contribution < -0.4 is 4.74 Å². The molecule has 0 saturated heterocycles. The van der Waals surface area contributed by atoms with Gasteiger partial charge in [0.1, 0.15) is 23.5 Å². The molecule has 0 aliphatic heterocycles. The van der Waals surface area contributed by atoms with Crippen molar-refractivity contribution in [3.8, 4) is 5.88 Å². The maximum absolute atomic E-state index is 11.0. The van der Waals surface area contributed by atoms with Gasteiger partial charge in [-0.05, 0) is 55.9 Å². The number of aromatic nitrogens is 2. The summed E-state index contributed by atoms with van der Waals surface area (Å²) in [5.41, 5.74) is 1.29. The molecule has 2 aromatic heterocycles. The molecule has 122 valence electrons. The Bertz CT molecular complexity index is 719. The Labute approximate surface area is 140 Å². The molecule has 0 N–H and O–H groups in total. The van der Waals surface area contributed by atoms with Crippen molar-refractivity contribution >= 4 is 27.8 Å². The summed E-state index contributed by atoms with van der Waals surface area (Å²) in [6.45, 7) is 2.31. The van der Waals surface area contributed by atoms with Crippen molar-refractivity contribution in [2.45, 2.75) is 63.9 Å². The maximum atomic E-state index is 11.0. The smallest absolute Gasteiger partial charge is 0.225 e. The number of thiophene rings is 1. The molecule has 0 aromatic carbocycles. The molecule has 2 aromatic rings. The van der Waals surface area contributed by atoms with E-state index in [1.165, 1.54) is 23.3 Å². The van der Waals surface area contributed by atoms with Crippen LogP contribution in [0, 0.1) is 5.92 Å². The minimum absolute atomic E-state index is 0.269. The van der Waals surface area contributed by atoms with E-state index in [0.717, 1.165) is 54.0 Å². The first-order valence-electron chi connectivity index (χ1n) is 8.62. The Morgan fingerprint density at radius 2 is 2.09 bits per heavy atom. The molecule has 2 heterocycles. The number of nitrogens with zero attached hydrogens (tertiary/aromatic N) is 2. The number of carbonyl (C=O) groups excluding carboxylic acids is 1. The van der Waals surface area contributed by atoms with E-state index in [-0.39, 0.29) is 6.10 Å². The summed E-state index contributed by atoms with van der Waals surface area (Å²) in [6, 6.07) is 0. The van der Waals surface area contributed by atoms with E-state index in [4.69, 9.17) is 4.74 Å². The Balaban J connectivity index is 1.68. The largest absolute Gasteiger partial charge is 0.474 e. The third-order valence-corrected chi connectivity index (χ3v) is 6.49. The minimum Gasteiger partial charge on any atom is -0.474 e. The average Bonchev–Trinajstić information content (AvgIpc) is 3.10. The van der Waals surface area contributed by atoms with Gasteiger partial charge in [-0.3, -0.25) is 0 Å². The van der Waals surface area contributed by atoms with Crippen molar-refractivity contribution in [3.63, 3.8) is 0 Å². The summed E-state index contributed by atoms with van der Waals surface area (Å²) in [7, 11) is 0. The summed E-state index contributed by atoms with van der Waals surface area (Å²) in [5.74, 6) is 1.86. The highest BCUT2D eigenvalue weighted by molar-refractivity contribution is 7.19. The number of aldehydes is 1. The van der Waals surface area contributed by atoms with Gasteiger partial charge in [-0.2, -0.15) is 0 Å². The lowest BCUT2D eigenvalue weighted by Gasteiger charge is -2.26. The van der Waals surface area contributed by atoms with Gasteiger partial charge in [-0.1, -0.05) is 6.92 Å². The van der Waals surface area contributed by atoms with E-state index in [0.29, 0.717) is 12.3 Å². The first kappa shape index (κ1) is 15.1. The van der Waals surface area contributed by atoms with Crippen molar-refractivity contribution in [3.05, 3.63) is 16.8 Å². The minimum atomic E-state index is 0.269. The van der Waals surface area contributed by atoms with E-state index in [1.54, 1.807) is 17.7 Å². The van der Waals surface area contributed by atoms with E-state index in [1.807, 2.05) is 0 Å². The van der Waals surface area contributed by atoms with Gasteiger partial charge in [0.25, 0.3) is 0 Å². The molecule has 5 heteroatoms. The monoisotopic (exact) mass is 330 g/mol. The fourth-order valence-electron chi connectivity index (χ4n) is 3.99. The van der Waals surface area contributed by atoms with E-state index >= 15 is 0 Å². The fourth-order valence-corrected chi connectivity index (χ4v) is 5.22. The molecule has 2 aliphatic carbocycles. The van der Waals surface area contributed by atoms with E-state index in [2.05, 4.69) is 16.9 Å². The van der Waals surface area contributed by atoms with Gasteiger partial charge in [0, 0.05) is 11.3 Å². The zero-order valence-corrected chi connectivity index (χ0v) is 14.3. The van der Waals surface area contributed by atoms with Gasteiger partial charge >= 0.3 is 0 Å². The topological polar surface area (TPSA) is 52.1 Å². The van der Waals surface area contributed by atoms with E-state index in [9.17, 15) is 4.79 Å². The lowest BCUT2D eigenvalue weighted by Crippen LogP contribution is -2.23. The second kappa shape index (κ2) is 6.19. The van der Waals surface area contributed by atoms with Crippen LogP contribution in [-0.2, 0) is 11.2 Å². The zero-order chi connectivity index (χ0) is 15.8. The van der Waals surface area contributed by atoms with Gasteiger partial charge in [-0.25, -0.2) is 9.97 Å². The van der Waals surface area contributed by atoms with Gasteiger partial charge in [0.15, 0.2) is 0 Å². The Morgan fingerprint density at radius 3 is 2.87 bits per heavy atom. The van der Waals surface area contributed by atoms with Crippen LogP contribution in [-0.4, -0.2) is 22.4 Å². The molecule has 0 spiro atoms. The molecule has 1 fully saturated rings. The number of ether oxygens (including phenoxy) is 1. The highest BCUT2D eigenvalue weighted by atomic mass is 32.1. The van der Waals surface area contributed by atoms with Gasteiger partial charge in [0.05, 0.1) is 5.39 Å². The summed E-state index contributed by atoms with van der Waals surface area (Å²) in [4.78, 5) is 22.3. The molecular weight excluding hydrogens is 308 g/mol. The highest BCUT2D eigenvalue weighted by Crippen LogP contribution is 2.47. The van der Waals surface area contributed by atoms with Crippen molar-refractivity contribution < 1.29 is 9.53 Å². The van der Waals surface area contributed by atoms with Crippen LogP contribution >= 0.6 is 11.3 Å². The number of aryl methyl sites for hydroxylation is 1. The number of carbonyl (C=O) groups is 1. The molecule has 0 amide bonds. The first-order chi connectivity index (χ1) is 11.3. The van der Waals surface area contributed by atoms with Crippen LogP contribution in [0.4, 0.5) is 0 Å². The van der Waals surface area contributed by atoms with Gasteiger partial charge in [-0.15, -0.1) is 11.3 Å². The summed E-state index contributed by atoms with van der Waals surface area (Å²) in [6.07, 6.45) is 10.3. The van der Waals surface area contributed by atoms with Gasteiger partial charge in [0.2, 0.25) is 5.88 Å². The Morgan fingerprint density at radius 1 is 1.26 bits per heavy atom. The van der Waals surface area contributed by atoms with Crippen molar-refractivity contribution in [1.82, 2.24) is 9.97 Å². The fraction of sp³-hybridized carbons (Fsp3) is 0.611. The van der Waals surface area contributed by atoms with Crippen LogP contribution in [0.3, 0.4) is 0 Å². The molecule has 0 radical (unpaired) electrons. The lowest BCUT2D eigenvalue weighted by atomic mass is 9.89. The summed E-state index contributed by atoms with van der Waals surface area (Å²) >= 11 is 1.75. The highest BCUT2D eigenvalue weighted by Gasteiger charge is 2.30. The quantitative estimate of drug-likeness (QED) is 0.786. The molecule has 4 nitrogen and oxygen atoms in total. The van der Waals surface area contributed by atoms with Crippen LogP contribution in [0.2, 0.25) is 0 Å². The third kappa shape index (κ3) is 2.75. The van der Waals surface area contributed by atoms with Crippen molar-refractivity contribution in [1.29, 1.82) is 0 Å². The molecule has 23 heavy (non-hydrogen) atoms. The average molecular weight is 330 g/mol. The summed E-state index contributed by atoms with van der Waals surface area (Å²) in [5, 5.41) is 1.08. The van der Waals surface area contributed by atoms with Crippen LogP contribution in [0.5, 0.6) is 5.88 Å². The number of rotatable bonds is 4. The van der Waals surface area contributed by atoms with Crippen LogP contribution in [0.1, 0.15) is 61.8 Å². The molecule has 1 unspecified atom stereocenters. The molecule has 2 aliphatic rings. The Hall–Kier alpha value is -1.49. The standard InChI is InChI=1S/C18H22N2O2S/c1-11-2-5-13(6-3-11)22-17-16-15-12(8-9-21)4-7-14(15)23-18(16)20-10-19-17/h9-13H,2-8H2,1H3. The van der Waals surface area contributed by atoms with Crippen LogP contribution in [0.15, 0.2) is 6.33 Å². The van der Waals surface area contributed by atoms with Crippen molar-refractivity contribution in [2.75, 3.05) is 0 Å². The number of hydrogen-bond donors (Lipinski definition) is 0. The second-order valence-electron chi connectivity index (χ2n) is 6.94. The Kier molecular flexibility index (Phi) is 4.05. The number of hydrogen-bond acceptors (Lipinski definition) is 5. The predicted octanol–water partition coefficient (Wildman–Crippen LogP) is 4.27. The number of fused-ring (bicyclic) bond motifs is 3. The SMILES string of the molecule is CC1CCC(Oc2ncnc3sc4c(c23)C(CC=O)CC4)CC1.